The van der Waals surface area contributed by atoms with E-state index < -0.39 is 15.3 Å². The molecule has 0 bridgehead atoms. The van der Waals surface area contributed by atoms with E-state index in [1.807, 2.05) is 0 Å². The largest absolute Gasteiger partial charge is 0.493 e. The number of anilines is 1. The Labute approximate surface area is 189 Å². The molecule has 3 rings (SSSR count). The van der Waals surface area contributed by atoms with E-state index in [1.165, 1.54) is 36.1 Å². The number of primary sulfonamides is 1. The highest BCUT2D eigenvalue weighted by atomic mass is 32.2. The van der Waals surface area contributed by atoms with Crippen molar-refractivity contribution in [3.05, 3.63) is 42.5 Å². The normalized spacial score (nSPS) is 12.2. The van der Waals surface area contributed by atoms with Crippen LogP contribution in [0.4, 0.5) is 5.69 Å². The number of hydrogen-bond acceptors (Lipinski definition) is 9. The third-order valence-corrected chi connectivity index (χ3v) is 6.39. The van der Waals surface area contributed by atoms with Crippen LogP contribution >= 0.6 is 11.8 Å². The topological polar surface area (TPSA) is 164 Å². The molecule has 11 nitrogen and oxygen atoms in total. The van der Waals surface area contributed by atoms with Gasteiger partial charge in [-0.3, -0.25) is 4.79 Å². The molecule has 1 amide bonds. The predicted octanol–water partition coefficient (Wildman–Crippen LogP) is 1.44. The lowest BCUT2D eigenvalue weighted by molar-refractivity contribution is -0.115. The first kappa shape index (κ1) is 23.4. The van der Waals surface area contributed by atoms with Crippen molar-refractivity contribution in [2.45, 2.75) is 22.2 Å². The summed E-state index contributed by atoms with van der Waals surface area (Å²) in [6.07, 6.45) is 0. The Morgan fingerprint density at radius 2 is 1.75 bits per heavy atom. The number of benzene rings is 2. The quantitative estimate of drug-likeness (QED) is 0.321. The van der Waals surface area contributed by atoms with Gasteiger partial charge in [-0.15, -0.1) is 10.2 Å². The molecule has 0 unspecified atom stereocenters. The van der Waals surface area contributed by atoms with Gasteiger partial charge in [0.15, 0.2) is 17.3 Å². The molecule has 3 aromatic rings. The van der Waals surface area contributed by atoms with Crippen molar-refractivity contribution in [1.29, 1.82) is 0 Å². The molecule has 0 saturated carbocycles. The summed E-state index contributed by atoms with van der Waals surface area (Å²) in [6, 6.07) is 10.8. The lowest BCUT2D eigenvalue weighted by atomic mass is 10.2. The summed E-state index contributed by atoms with van der Waals surface area (Å²) in [7, 11) is -0.736. The Morgan fingerprint density at radius 1 is 1.09 bits per heavy atom. The summed E-state index contributed by atoms with van der Waals surface area (Å²) in [5.74, 6) is 7.30. The van der Waals surface area contributed by atoms with Crippen LogP contribution in [0.2, 0.25) is 0 Å². The van der Waals surface area contributed by atoms with Gasteiger partial charge >= 0.3 is 0 Å². The number of nitrogens with one attached hydrogen (secondary N) is 1. The van der Waals surface area contributed by atoms with Gasteiger partial charge in [0.1, 0.15) is 0 Å². The zero-order valence-electron chi connectivity index (χ0n) is 17.5. The number of methoxy groups -OCH3 is 2. The van der Waals surface area contributed by atoms with Crippen molar-refractivity contribution in [1.82, 2.24) is 14.9 Å². The van der Waals surface area contributed by atoms with Crippen LogP contribution < -0.4 is 25.8 Å². The molecular formula is C19H22N6O5S2. The molecule has 0 saturated heterocycles. The Hall–Kier alpha value is -3.29. The number of amides is 1. The summed E-state index contributed by atoms with van der Waals surface area (Å²) in [5.41, 5.74) is 1.09. The first-order valence-corrected chi connectivity index (χ1v) is 11.6. The van der Waals surface area contributed by atoms with E-state index >= 15 is 0 Å². The minimum atomic E-state index is -3.80. The molecule has 5 N–H and O–H groups in total. The van der Waals surface area contributed by atoms with Gasteiger partial charge in [0, 0.05) is 11.3 Å². The first-order valence-electron chi connectivity index (χ1n) is 9.17. The number of nitrogen functional groups attached to an aromatic ring is 1. The molecule has 1 atom stereocenters. The maximum atomic E-state index is 12.5. The number of ether oxygens (including phenoxy) is 2. The molecule has 32 heavy (non-hydrogen) atoms. The molecule has 0 aliphatic carbocycles. The predicted molar refractivity (Wildman–Crippen MR) is 120 cm³/mol. The number of nitrogens with zero attached hydrogens (tertiary/aromatic N) is 3. The fourth-order valence-corrected chi connectivity index (χ4v) is 4.00. The number of carbonyl (C=O) groups excluding carboxylic acids is 1. The smallest absolute Gasteiger partial charge is 0.238 e. The highest BCUT2D eigenvalue weighted by Gasteiger charge is 2.21. The molecule has 2 aromatic carbocycles. The Balaban J connectivity index is 1.71. The second kappa shape index (κ2) is 9.46. The van der Waals surface area contributed by atoms with E-state index in [2.05, 4.69) is 15.5 Å². The van der Waals surface area contributed by atoms with Gasteiger partial charge in [0.2, 0.25) is 21.1 Å². The average molecular weight is 479 g/mol. The van der Waals surface area contributed by atoms with Crippen LogP contribution in [0.15, 0.2) is 52.5 Å². The van der Waals surface area contributed by atoms with E-state index in [1.54, 1.807) is 32.2 Å². The molecule has 13 heteroatoms. The lowest BCUT2D eigenvalue weighted by Gasteiger charge is -2.12. The van der Waals surface area contributed by atoms with Crippen molar-refractivity contribution in [2.24, 2.45) is 5.14 Å². The Bertz CT molecular complexity index is 1230. The van der Waals surface area contributed by atoms with Crippen molar-refractivity contribution in [2.75, 3.05) is 25.4 Å². The second-order valence-electron chi connectivity index (χ2n) is 6.56. The lowest BCUT2D eigenvalue weighted by Crippen LogP contribution is -2.23. The fraction of sp³-hybridized carbons (Fsp3) is 0.211. The van der Waals surface area contributed by atoms with Gasteiger partial charge in [-0.1, -0.05) is 11.8 Å². The number of aromatic nitrogens is 3. The SMILES string of the molecule is COc1ccc(-c2nnc(S[C@@H](C)C(=O)Nc3ccc(S(N)(=O)=O)cc3)n2N)cc1OC. The van der Waals surface area contributed by atoms with Gasteiger partial charge < -0.3 is 20.6 Å². The van der Waals surface area contributed by atoms with Crippen LogP contribution in [0.1, 0.15) is 6.92 Å². The van der Waals surface area contributed by atoms with Crippen molar-refractivity contribution in [3.63, 3.8) is 0 Å². The van der Waals surface area contributed by atoms with Crippen LogP contribution in [0.5, 0.6) is 11.5 Å². The number of sulfonamides is 1. The number of rotatable bonds is 8. The molecule has 0 aliphatic rings. The Morgan fingerprint density at radius 3 is 2.34 bits per heavy atom. The van der Waals surface area contributed by atoms with Crippen LogP contribution in [0.3, 0.4) is 0 Å². The Kier molecular flexibility index (Phi) is 6.91. The minimum Gasteiger partial charge on any atom is -0.493 e. The van der Waals surface area contributed by atoms with E-state index in [4.69, 9.17) is 20.5 Å². The van der Waals surface area contributed by atoms with E-state index in [0.717, 1.165) is 11.8 Å². The molecule has 170 valence electrons. The highest BCUT2D eigenvalue weighted by molar-refractivity contribution is 8.00. The van der Waals surface area contributed by atoms with E-state index in [-0.39, 0.29) is 10.8 Å². The first-order chi connectivity index (χ1) is 15.1. The van der Waals surface area contributed by atoms with Crippen molar-refractivity contribution in [3.8, 4) is 22.9 Å². The van der Waals surface area contributed by atoms with Crippen LogP contribution in [0.25, 0.3) is 11.4 Å². The summed E-state index contributed by atoms with van der Waals surface area (Å²) in [6.45, 7) is 1.68. The number of hydrogen-bond donors (Lipinski definition) is 3. The van der Waals surface area contributed by atoms with Gasteiger partial charge in [-0.2, -0.15) is 0 Å². The van der Waals surface area contributed by atoms with Crippen LogP contribution in [-0.4, -0.2) is 48.7 Å². The monoisotopic (exact) mass is 478 g/mol. The van der Waals surface area contributed by atoms with Gasteiger partial charge in [0.05, 0.1) is 24.4 Å². The standard InChI is InChI=1S/C19H22N6O5S2/c1-11(18(26)22-13-5-7-14(8-6-13)32(21,27)28)31-19-24-23-17(25(19)20)12-4-9-15(29-2)16(10-12)30-3/h4-11H,20H2,1-3H3,(H,22,26)(H2,21,27,28)/t11-/m0/s1. The molecule has 1 heterocycles. The second-order valence-corrected chi connectivity index (χ2v) is 9.43. The number of nitrogens with two attached hydrogens (primary N) is 2. The summed E-state index contributed by atoms with van der Waals surface area (Å²) in [4.78, 5) is 12.5. The summed E-state index contributed by atoms with van der Waals surface area (Å²) >= 11 is 1.12. The fourth-order valence-electron chi connectivity index (χ4n) is 2.71. The zero-order chi connectivity index (χ0) is 23.5. The molecule has 1 aromatic heterocycles. The highest BCUT2D eigenvalue weighted by Crippen LogP contribution is 2.32. The van der Waals surface area contributed by atoms with Crippen LogP contribution in [0, 0.1) is 0 Å². The number of thioether (sulfide) groups is 1. The van der Waals surface area contributed by atoms with E-state index in [0.29, 0.717) is 33.7 Å². The molecule has 0 radical (unpaired) electrons. The maximum absolute atomic E-state index is 12.5. The molecule has 0 aliphatic heterocycles. The summed E-state index contributed by atoms with van der Waals surface area (Å²) < 4.78 is 34.5. The third kappa shape index (κ3) is 5.12. The molecular weight excluding hydrogens is 456 g/mol. The average Bonchev–Trinajstić information content (AvgIpc) is 3.12. The molecule has 0 fully saturated rings. The van der Waals surface area contributed by atoms with E-state index in [9.17, 15) is 13.2 Å². The van der Waals surface area contributed by atoms with Gasteiger partial charge in [-0.25, -0.2) is 18.2 Å². The van der Waals surface area contributed by atoms with Gasteiger partial charge in [0.25, 0.3) is 0 Å². The van der Waals surface area contributed by atoms with Crippen molar-refractivity contribution >= 4 is 33.4 Å². The van der Waals surface area contributed by atoms with Gasteiger partial charge in [-0.05, 0) is 49.4 Å². The minimum absolute atomic E-state index is 0.0446. The third-order valence-electron chi connectivity index (χ3n) is 4.41. The van der Waals surface area contributed by atoms with Crippen molar-refractivity contribution < 1.29 is 22.7 Å². The maximum Gasteiger partial charge on any atom is 0.238 e. The zero-order valence-corrected chi connectivity index (χ0v) is 19.1. The summed E-state index contributed by atoms with van der Waals surface area (Å²) in [5, 5.41) is 15.7. The number of carbonyl (C=O) groups is 1. The molecule has 0 spiro atoms. The van der Waals surface area contributed by atoms with Crippen LogP contribution in [-0.2, 0) is 14.8 Å².